The van der Waals surface area contributed by atoms with Crippen LogP contribution in [0.4, 0.5) is 28.0 Å². The Morgan fingerprint density at radius 3 is 2.10 bits per heavy atom. The third-order valence-electron chi connectivity index (χ3n) is 4.60. The number of alkyl carbamates (subject to hydrolysis) is 1. The lowest BCUT2D eigenvalue weighted by Gasteiger charge is -2.31. The fourth-order valence-corrected chi connectivity index (χ4v) is 3.32. The van der Waals surface area contributed by atoms with Crippen LogP contribution in [-0.4, -0.2) is 36.9 Å². The first-order valence-corrected chi connectivity index (χ1v) is 9.55. The number of ether oxygens (including phenoxy) is 2. The van der Waals surface area contributed by atoms with Crippen molar-refractivity contribution in [3.8, 4) is 0 Å². The van der Waals surface area contributed by atoms with Crippen LogP contribution in [0.25, 0.3) is 0 Å². The van der Waals surface area contributed by atoms with Crippen LogP contribution in [0.1, 0.15) is 62.4 Å². The number of hydrogen-bond donors (Lipinski definition) is 2. The Balaban J connectivity index is 2.09. The highest BCUT2D eigenvalue weighted by molar-refractivity contribution is 5.91. The van der Waals surface area contributed by atoms with Gasteiger partial charge in [-0.05, 0) is 58.6 Å². The van der Waals surface area contributed by atoms with Crippen molar-refractivity contribution in [1.29, 1.82) is 0 Å². The molecule has 0 heterocycles. The van der Waals surface area contributed by atoms with E-state index in [1.54, 1.807) is 20.8 Å². The molecule has 30 heavy (non-hydrogen) atoms. The Kier molecular flexibility index (Phi) is 7.20. The highest BCUT2D eigenvalue weighted by atomic mass is 19.4. The van der Waals surface area contributed by atoms with Gasteiger partial charge in [-0.3, -0.25) is 0 Å². The van der Waals surface area contributed by atoms with Gasteiger partial charge in [0, 0.05) is 12.1 Å². The number of alkyl halides is 3. The van der Waals surface area contributed by atoms with Crippen LogP contribution in [0.15, 0.2) is 12.1 Å². The van der Waals surface area contributed by atoms with Gasteiger partial charge in [-0.1, -0.05) is 0 Å². The predicted octanol–water partition coefficient (Wildman–Crippen LogP) is 4.88. The number of rotatable bonds is 4. The topological polar surface area (TPSA) is 76.7 Å². The number of carbonyl (C=O) groups excluding carboxylic acids is 2. The Morgan fingerprint density at radius 2 is 1.60 bits per heavy atom. The summed E-state index contributed by atoms with van der Waals surface area (Å²) in [4.78, 5) is 23.5. The van der Waals surface area contributed by atoms with Gasteiger partial charge in [0.25, 0.3) is 0 Å². The van der Waals surface area contributed by atoms with Crippen LogP contribution in [0, 0.1) is 5.82 Å². The standard InChI is InChI=1S/C20H26F4N2O4/c1-19(2,3)30-18(28)26-13-7-5-12(6-8-13)25-15-10-11(17(27)29-4)9-14(21)16(15)20(22,23)24/h9-10,12-13,25H,5-8H2,1-4H3,(H,26,28). The summed E-state index contributed by atoms with van der Waals surface area (Å²) >= 11 is 0. The molecule has 1 aromatic rings. The van der Waals surface area contributed by atoms with Crippen LogP contribution in [0.3, 0.4) is 0 Å². The second kappa shape index (κ2) is 9.09. The minimum atomic E-state index is -4.93. The zero-order valence-corrected chi connectivity index (χ0v) is 17.3. The highest BCUT2D eigenvalue weighted by Gasteiger charge is 2.38. The zero-order valence-electron chi connectivity index (χ0n) is 17.3. The van der Waals surface area contributed by atoms with Crippen LogP contribution in [-0.2, 0) is 15.7 Å². The molecule has 1 aliphatic rings. The second-order valence-corrected chi connectivity index (χ2v) is 8.21. The molecule has 0 aliphatic heterocycles. The Morgan fingerprint density at radius 1 is 1.03 bits per heavy atom. The lowest BCUT2D eigenvalue weighted by Crippen LogP contribution is -2.42. The lowest BCUT2D eigenvalue weighted by molar-refractivity contribution is -0.139. The number of halogens is 4. The molecule has 1 aromatic carbocycles. The van der Waals surface area contributed by atoms with Crippen LogP contribution >= 0.6 is 0 Å². The predicted molar refractivity (Wildman–Crippen MR) is 102 cm³/mol. The molecule has 1 saturated carbocycles. The summed E-state index contributed by atoms with van der Waals surface area (Å²) in [6.45, 7) is 5.23. The number of amides is 1. The summed E-state index contributed by atoms with van der Waals surface area (Å²) in [5.74, 6) is -2.48. The normalized spacial score (nSPS) is 19.7. The molecule has 0 saturated heterocycles. The Labute approximate surface area is 172 Å². The number of benzene rings is 1. The molecule has 0 unspecified atom stereocenters. The van der Waals surface area contributed by atoms with Gasteiger partial charge in [0.05, 0.1) is 18.4 Å². The van der Waals surface area contributed by atoms with E-state index in [9.17, 15) is 27.2 Å². The first kappa shape index (κ1) is 23.8. The third-order valence-corrected chi connectivity index (χ3v) is 4.60. The van der Waals surface area contributed by atoms with Crippen molar-refractivity contribution in [2.45, 2.75) is 70.3 Å². The molecule has 1 aliphatic carbocycles. The molecular weight excluding hydrogens is 408 g/mol. The average Bonchev–Trinajstić information content (AvgIpc) is 2.59. The first-order chi connectivity index (χ1) is 13.8. The van der Waals surface area contributed by atoms with Gasteiger partial charge in [0.2, 0.25) is 0 Å². The minimum absolute atomic E-state index is 0.168. The molecular formula is C20H26F4N2O4. The monoisotopic (exact) mass is 434 g/mol. The van der Waals surface area contributed by atoms with Gasteiger partial charge in [-0.15, -0.1) is 0 Å². The van der Waals surface area contributed by atoms with Crippen LogP contribution < -0.4 is 10.6 Å². The summed E-state index contributed by atoms with van der Waals surface area (Å²) in [6.07, 6.45) is -3.57. The summed E-state index contributed by atoms with van der Waals surface area (Å²) < 4.78 is 63.9. The van der Waals surface area contributed by atoms with E-state index in [1.165, 1.54) is 0 Å². The molecule has 2 rings (SSSR count). The number of hydrogen-bond acceptors (Lipinski definition) is 5. The molecule has 2 N–H and O–H groups in total. The van der Waals surface area contributed by atoms with E-state index in [0.29, 0.717) is 31.7 Å². The minimum Gasteiger partial charge on any atom is -0.465 e. The summed E-state index contributed by atoms with van der Waals surface area (Å²) in [6, 6.07) is 0.915. The van der Waals surface area contributed by atoms with Crippen molar-refractivity contribution >= 4 is 17.7 Å². The van der Waals surface area contributed by atoms with Crippen LogP contribution in [0.5, 0.6) is 0 Å². The number of esters is 1. The molecule has 0 bridgehead atoms. The molecule has 0 atom stereocenters. The highest BCUT2D eigenvalue weighted by Crippen LogP contribution is 2.38. The van der Waals surface area contributed by atoms with Crippen molar-refractivity contribution < 1.29 is 36.6 Å². The number of nitrogens with one attached hydrogen (secondary N) is 2. The molecule has 0 spiro atoms. The fourth-order valence-electron chi connectivity index (χ4n) is 3.32. The van der Waals surface area contributed by atoms with Gasteiger partial charge in [-0.25, -0.2) is 14.0 Å². The zero-order chi connectivity index (χ0) is 22.7. The van der Waals surface area contributed by atoms with Gasteiger partial charge in [-0.2, -0.15) is 13.2 Å². The molecule has 1 amide bonds. The lowest BCUT2D eigenvalue weighted by atomic mass is 9.90. The van der Waals surface area contributed by atoms with Gasteiger partial charge in [0.1, 0.15) is 17.0 Å². The maximum atomic E-state index is 14.2. The maximum absolute atomic E-state index is 14.2. The molecule has 6 nitrogen and oxygen atoms in total. The van der Waals surface area contributed by atoms with Gasteiger partial charge in [0.15, 0.2) is 0 Å². The van der Waals surface area contributed by atoms with Crippen molar-refractivity contribution in [2.24, 2.45) is 0 Å². The van der Waals surface area contributed by atoms with E-state index in [2.05, 4.69) is 15.4 Å². The van der Waals surface area contributed by atoms with E-state index in [-0.39, 0.29) is 17.6 Å². The fraction of sp³-hybridized carbons (Fsp3) is 0.600. The van der Waals surface area contributed by atoms with Gasteiger partial charge < -0.3 is 20.1 Å². The van der Waals surface area contributed by atoms with E-state index in [0.717, 1.165) is 13.2 Å². The van der Waals surface area contributed by atoms with E-state index in [4.69, 9.17) is 4.74 Å². The van der Waals surface area contributed by atoms with E-state index < -0.39 is 40.9 Å². The SMILES string of the molecule is COC(=O)c1cc(F)c(C(F)(F)F)c(NC2CCC(NC(=O)OC(C)(C)C)CC2)c1. The summed E-state index contributed by atoms with van der Waals surface area (Å²) in [5, 5.41) is 5.46. The summed E-state index contributed by atoms with van der Waals surface area (Å²) in [5.41, 5.74) is -2.91. The quantitative estimate of drug-likeness (QED) is 0.522. The van der Waals surface area contributed by atoms with Crippen molar-refractivity contribution in [2.75, 3.05) is 12.4 Å². The van der Waals surface area contributed by atoms with Crippen molar-refractivity contribution in [1.82, 2.24) is 5.32 Å². The van der Waals surface area contributed by atoms with Crippen molar-refractivity contribution in [3.63, 3.8) is 0 Å². The average molecular weight is 434 g/mol. The Bertz CT molecular complexity index is 782. The smallest absolute Gasteiger partial charge is 0.421 e. The first-order valence-electron chi connectivity index (χ1n) is 9.55. The third kappa shape index (κ3) is 6.50. The number of methoxy groups -OCH3 is 1. The molecule has 1 fully saturated rings. The largest absolute Gasteiger partial charge is 0.465 e. The van der Waals surface area contributed by atoms with Crippen LogP contribution in [0.2, 0.25) is 0 Å². The van der Waals surface area contributed by atoms with E-state index in [1.807, 2.05) is 0 Å². The second-order valence-electron chi connectivity index (χ2n) is 8.21. The van der Waals surface area contributed by atoms with E-state index >= 15 is 0 Å². The molecule has 0 radical (unpaired) electrons. The molecule has 10 heteroatoms. The van der Waals surface area contributed by atoms with Gasteiger partial charge >= 0.3 is 18.2 Å². The van der Waals surface area contributed by atoms with Crippen molar-refractivity contribution in [3.05, 3.63) is 29.1 Å². The number of carbonyl (C=O) groups is 2. The molecule has 168 valence electrons. The Hall–Kier alpha value is -2.52. The summed E-state index contributed by atoms with van der Waals surface area (Å²) in [7, 11) is 1.06. The molecule has 0 aromatic heterocycles. The maximum Gasteiger partial charge on any atom is 0.421 e. The number of anilines is 1.